The zero-order valence-corrected chi connectivity index (χ0v) is 16.4. The van der Waals surface area contributed by atoms with Crippen LogP contribution in [-0.2, 0) is 0 Å². The molecule has 140 valence electrons. The highest BCUT2D eigenvalue weighted by Crippen LogP contribution is 2.27. The molecule has 1 aromatic heterocycles. The monoisotopic (exact) mass is 372 g/mol. The Labute approximate surface area is 160 Å². The second-order valence-corrected chi connectivity index (χ2v) is 8.01. The molecule has 0 aliphatic carbocycles. The molecule has 0 bridgehead atoms. The molecule has 4 nitrogen and oxygen atoms in total. The van der Waals surface area contributed by atoms with Crippen LogP contribution in [0, 0.1) is 0 Å². The summed E-state index contributed by atoms with van der Waals surface area (Å²) in [7, 11) is 0. The van der Waals surface area contributed by atoms with Crippen molar-refractivity contribution in [1.29, 1.82) is 0 Å². The first kappa shape index (κ1) is 18.9. The predicted molar refractivity (Wildman–Crippen MR) is 107 cm³/mol. The molecule has 0 unspecified atom stereocenters. The quantitative estimate of drug-likeness (QED) is 0.778. The van der Waals surface area contributed by atoms with E-state index in [0.29, 0.717) is 12.1 Å². The van der Waals surface area contributed by atoms with Gasteiger partial charge in [0.05, 0.1) is 12.1 Å². The average molecular weight is 373 g/mol. The van der Waals surface area contributed by atoms with Crippen molar-refractivity contribution in [3.8, 4) is 5.75 Å². The molecule has 1 atom stereocenters. The molecular weight excluding hydrogens is 344 g/mol. The summed E-state index contributed by atoms with van der Waals surface area (Å²) in [6, 6.07) is 11.9. The third-order valence-electron chi connectivity index (χ3n) is 4.65. The zero-order chi connectivity index (χ0) is 18.4. The third-order valence-corrected chi connectivity index (χ3v) is 5.62. The van der Waals surface area contributed by atoms with Gasteiger partial charge in [-0.2, -0.15) is 0 Å². The molecule has 1 fully saturated rings. The van der Waals surface area contributed by atoms with Crippen molar-refractivity contribution < 1.29 is 9.53 Å². The van der Waals surface area contributed by atoms with E-state index in [1.807, 2.05) is 38.1 Å². The van der Waals surface area contributed by atoms with Gasteiger partial charge in [0.25, 0.3) is 5.91 Å². The van der Waals surface area contributed by atoms with Gasteiger partial charge in [0, 0.05) is 17.0 Å². The van der Waals surface area contributed by atoms with E-state index in [4.69, 9.17) is 4.74 Å². The SMILES string of the molecule is CC(C)Oc1ccc(C(=O)NC[C@@H](c2cccs2)N2CCCCC2)cc1. The van der Waals surface area contributed by atoms with Crippen LogP contribution in [0.25, 0.3) is 0 Å². The number of benzene rings is 1. The summed E-state index contributed by atoms with van der Waals surface area (Å²) >= 11 is 1.77. The molecular formula is C21H28N2O2S. The van der Waals surface area contributed by atoms with Crippen LogP contribution in [0.3, 0.4) is 0 Å². The molecule has 2 aromatic rings. The summed E-state index contributed by atoms with van der Waals surface area (Å²) in [6.45, 7) is 6.85. The summed E-state index contributed by atoms with van der Waals surface area (Å²) in [5, 5.41) is 5.24. The maximum atomic E-state index is 12.6. The maximum Gasteiger partial charge on any atom is 0.251 e. The fourth-order valence-electron chi connectivity index (χ4n) is 3.37. The first-order valence-corrected chi connectivity index (χ1v) is 10.3. The topological polar surface area (TPSA) is 41.6 Å². The molecule has 5 heteroatoms. The summed E-state index contributed by atoms with van der Waals surface area (Å²) < 4.78 is 5.64. The number of nitrogens with zero attached hydrogens (tertiary/aromatic N) is 1. The molecule has 1 aromatic carbocycles. The molecule has 1 amide bonds. The summed E-state index contributed by atoms with van der Waals surface area (Å²) in [6.07, 6.45) is 3.93. The van der Waals surface area contributed by atoms with Gasteiger partial charge < -0.3 is 10.1 Å². The molecule has 1 saturated heterocycles. The highest BCUT2D eigenvalue weighted by molar-refractivity contribution is 7.10. The Morgan fingerprint density at radius 1 is 1.15 bits per heavy atom. The Hall–Kier alpha value is -1.85. The van der Waals surface area contributed by atoms with Crippen molar-refractivity contribution in [3.05, 3.63) is 52.2 Å². The Morgan fingerprint density at radius 2 is 1.88 bits per heavy atom. The zero-order valence-electron chi connectivity index (χ0n) is 15.6. The van der Waals surface area contributed by atoms with Crippen LogP contribution in [-0.4, -0.2) is 36.5 Å². The average Bonchev–Trinajstić information content (AvgIpc) is 3.17. The Morgan fingerprint density at radius 3 is 2.50 bits per heavy atom. The van der Waals surface area contributed by atoms with Crippen molar-refractivity contribution in [2.45, 2.75) is 45.3 Å². The Balaban J connectivity index is 1.62. The van der Waals surface area contributed by atoms with Gasteiger partial charge in [-0.25, -0.2) is 0 Å². The molecule has 0 radical (unpaired) electrons. The van der Waals surface area contributed by atoms with Crippen molar-refractivity contribution in [3.63, 3.8) is 0 Å². The van der Waals surface area contributed by atoms with E-state index in [1.54, 1.807) is 11.3 Å². The van der Waals surface area contributed by atoms with Crippen LogP contribution in [0.1, 0.15) is 54.4 Å². The highest BCUT2D eigenvalue weighted by Gasteiger charge is 2.23. The number of hydrogen-bond donors (Lipinski definition) is 1. The summed E-state index contributed by atoms with van der Waals surface area (Å²) in [4.78, 5) is 16.4. The number of carbonyl (C=O) groups is 1. The molecule has 3 rings (SSSR count). The van der Waals surface area contributed by atoms with Gasteiger partial charge in [0.15, 0.2) is 0 Å². The first-order chi connectivity index (χ1) is 12.6. The minimum Gasteiger partial charge on any atom is -0.491 e. The Bertz CT molecular complexity index is 677. The van der Waals surface area contributed by atoms with Gasteiger partial charge >= 0.3 is 0 Å². The van der Waals surface area contributed by atoms with E-state index in [-0.39, 0.29) is 18.1 Å². The van der Waals surface area contributed by atoms with Crippen LogP contribution < -0.4 is 10.1 Å². The van der Waals surface area contributed by atoms with Gasteiger partial charge in [-0.05, 0) is 75.5 Å². The number of carbonyl (C=O) groups excluding carboxylic acids is 1. The number of thiophene rings is 1. The number of nitrogens with one attached hydrogen (secondary N) is 1. The van der Waals surface area contributed by atoms with Gasteiger partial charge in [-0.1, -0.05) is 12.5 Å². The summed E-state index contributed by atoms with van der Waals surface area (Å²) in [5.74, 6) is 0.765. The standard InChI is InChI=1S/C21H28N2O2S/c1-16(2)25-18-10-8-17(9-11-18)21(24)22-15-19(20-7-6-14-26-20)23-12-4-3-5-13-23/h6-11,14,16,19H,3-5,12-13,15H2,1-2H3,(H,22,24)/t19-/m0/s1. The molecule has 1 aliphatic rings. The number of piperidine rings is 1. The number of likely N-dealkylation sites (tertiary alicyclic amines) is 1. The Kier molecular flexibility index (Phi) is 6.69. The van der Waals surface area contributed by atoms with Gasteiger partial charge in [0.2, 0.25) is 0 Å². The molecule has 0 saturated carbocycles. The third kappa shape index (κ3) is 5.08. The fraction of sp³-hybridized carbons (Fsp3) is 0.476. The van der Waals surface area contributed by atoms with E-state index in [1.165, 1.54) is 24.1 Å². The maximum absolute atomic E-state index is 12.6. The fourth-order valence-corrected chi connectivity index (χ4v) is 4.23. The van der Waals surface area contributed by atoms with Crippen LogP contribution in [0.4, 0.5) is 0 Å². The largest absolute Gasteiger partial charge is 0.491 e. The van der Waals surface area contributed by atoms with Crippen LogP contribution in [0.2, 0.25) is 0 Å². The van der Waals surface area contributed by atoms with Crippen molar-refractivity contribution in [1.82, 2.24) is 10.2 Å². The normalized spacial score (nSPS) is 16.4. The van der Waals surface area contributed by atoms with Crippen molar-refractivity contribution >= 4 is 17.2 Å². The predicted octanol–water partition coefficient (Wildman–Crippen LogP) is 4.49. The number of hydrogen-bond acceptors (Lipinski definition) is 4. The minimum absolute atomic E-state index is 0.0281. The van der Waals surface area contributed by atoms with E-state index >= 15 is 0 Å². The smallest absolute Gasteiger partial charge is 0.251 e. The van der Waals surface area contributed by atoms with Crippen LogP contribution in [0.5, 0.6) is 5.75 Å². The van der Waals surface area contributed by atoms with Gasteiger partial charge in [-0.15, -0.1) is 11.3 Å². The van der Waals surface area contributed by atoms with Gasteiger partial charge in [0.1, 0.15) is 5.75 Å². The second-order valence-electron chi connectivity index (χ2n) is 7.03. The molecule has 1 N–H and O–H groups in total. The van der Waals surface area contributed by atoms with Crippen molar-refractivity contribution in [2.75, 3.05) is 19.6 Å². The first-order valence-electron chi connectivity index (χ1n) is 9.46. The van der Waals surface area contributed by atoms with E-state index < -0.39 is 0 Å². The van der Waals surface area contributed by atoms with Crippen LogP contribution in [0.15, 0.2) is 41.8 Å². The molecule has 2 heterocycles. The number of rotatable bonds is 7. The molecule has 1 aliphatic heterocycles. The lowest BCUT2D eigenvalue weighted by molar-refractivity contribution is 0.0925. The lowest BCUT2D eigenvalue weighted by Gasteiger charge is -2.34. The number of ether oxygens (including phenoxy) is 1. The molecule has 0 spiro atoms. The number of amides is 1. The van der Waals surface area contributed by atoms with E-state index in [9.17, 15) is 4.79 Å². The van der Waals surface area contributed by atoms with E-state index in [0.717, 1.165) is 18.8 Å². The van der Waals surface area contributed by atoms with E-state index in [2.05, 4.69) is 27.7 Å². The minimum atomic E-state index is -0.0281. The van der Waals surface area contributed by atoms with Gasteiger partial charge in [-0.3, -0.25) is 9.69 Å². The lowest BCUT2D eigenvalue weighted by atomic mass is 10.1. The molecule has 26 heavy (non-hydrogen) atoms. The second kappa shape index (κ2) is 9.19. The summed E-state index contributed by atoms with van der Waals surface area (Å²) in [5.41, 5.74) is 0.671. The van der Waals surface area contributed by atoms with Crippen LogP contribution >= 0.6 is 11.3 Å². The van der Waals surface area contributed by atoms with Crippen molar-refractivity contribution in [2.24, 2.45) is 0 Å². The highest BCUT2D eigenvalue weighted by atomic mass is 32.1. The lowest BCUT2D eigenvalue weighted by Crippen LogP contribution is -2.40.